The van der Waals surface area contributed by atoms with E-state index in [2.05, 4.69) is 20.7 Å². The average molecular weight is 247 g/mol. The van der Waals surface area contributed by atoms with Gasteiger partial charge in [0.2, 0.25) is 5.96 Å². The number of nitrogens with two attached hydrogens (primary N) is 1. The molecular formula is C13H21N5. The summed E-state index contributed by atoms with van der Waals surface area (Å²) < 4.78 is 0. The molecule has 4 N–H and O–H groups in total. The van der Waals surface area contributed by atoms with Crippen LogP contribution in [0.2, 0.25) is 0 Å². The molecule has 0 spiro atoms. The smallest absolute Gasteiger partial charge is 0.206 e. The average Bonchev–Trinajstić information content (AvgIpc) is 2.45. The summed E-state index contributed by atoms with van der Waals surface area (Å²) in [4.78, 5) is 8.43. The highest BCUT2D eigenvalue weighted by atomic mass is 15.3. The molecule has 1 saturated carbocycles. The van der Waals surface area contributed by atoms with E-state index in [1.807, 2.05) is 12.1 Å². The van der Waals surface area contributed by atoms with Gasteiger partial charge in [-0.2, -0.15) is 0 Å². The Hall–Kier alpha value is -1.62. The van der Waals surface area contributed by atoms with E-state index in [9.17, 15) is 0 Å². The lowest BCUT2D eigenvalue weighted by molar-refractivity contribution is 0.410. The third-order valence-corrected chi connectivity index (χ3v) is 3.25. The summed E-state index contributed by atoms with van der Waals surface area (Å²) in [5.74, 6) is 6.18. The highest BCUT2D eigenvalue weighted by molar-refractivity contribution is 5.79. The van der Waals surface area contributed by atoms with Gasteiger partial charge in [0, 0.05) is 18.4 Å². The fourth-order valence-corrected chi connectivity index (χ4v) is 2.23. The zero-order valence-corrected chi connectivity index (χ0v) is 10.6. The monoisotopic (exact) mass is 247 g/mol. The molecular weight excluding hydrogens is 226 g/mol. The van der Waals surface area contributed by atoms with Gasteiger partial charge in [-0.1, -0.05) is 19.3 Å². The van der Waals surface area contributed by atoms with Crippen molar-refractivity contribution < 1.29 is 0 Å². The molecule has 1 heterocycles. The number of pyridine rings is 1. The summed E-state index contributed by atoms with van der Waals surface area (Å²) in [6.45, 7) is 0.613. The Labute approximate surface area is 108 Å². The molecule has 0 unspecified atom stereocenters. The molecule has 0 radical (unpaired) electrons. The number of nitrogens with one attached hydrogen (secondary N) is 2. The maximum Gasteiger partial charge on any atom is 0.206 e. The van der Waals surface area contributed by atoms with Crippen LogP contribution in [0, 0.1) is 0 Å². The van der Waals surface area contributed by atoms with Crippen molar-refractivity contribution in [3.63, 3.8) is 0 Å². The molecule has 0 bridgehead atoms. The minimum absolute atomic E-state index is 0.506. The van der Waals surface area contributed by atoms with Crippen LogP contribution >= 0.6 is 0 Å². The third-order valence-electron chi connectivity index (χ3n) is 3.25. The van der Waals surface area contributed by atoms with Crippen LogP contribution in [0.1, 0.15) is 37.7 Å². The first kappa shape index (κ1) is 12.8. The molecule has 0 aromatic carbocycles. The van der Waals surface area contributed by atoms with E-state index >= 15 is 0 Å². The molecule has 1 fully saturated rings. The molecule has 1 aromatic rings. The van der Waals surface area contributed by atoms with Crippen LogP contribution in [0.25, 0.3) is 0 Å². The van der Waals surface area contributed by atoms with Crippen molar-refractivity contribution >= 4 is 5.96 Å². The van der Waals surface area contributed by atoms with Crippen LogP contribution < -0.4 is 16.6 Å². The van der Waals surface area contributed by atoms with Crippen LogP contribution in [0.3, 0.4) is 0 Å². The summed E-state index contributed by atoms with van der Waals surface area (Å²) in [7, 11) is 0. The quantitative estimate of drug-likeness (QED) is 0.326. The first-order chi connectivity index (χ1) is 8.88. The summed E-state index contributed by atoms with van der Waals surface area (Å²) in [6, 6.07) is 4.42. The second-order valence-corrected chi connectivity index (χ2v) is 4.64. The lowest BCUT2D eigenvalue weighted by Gasteiger charge is -2.24. The molecule has 1 aromatic heterocycles. The van der Waals surface area contributed by atoms with Gasteiger partial charge in [-0.05, 0) is 30.5 Å². The Balaban J connectivity index is 1.87. The maximum absolute atomic E-state index is 5.50. The van der Waals surface area contributed by atoms with Crippen LogP contribution in [-0.4, -0.2) is 17.0 Å². The van der Waals surface area contributed by atoms with Gasteiger partial charge in [-0.25, -0.2) is 10.8 Å². The van der Waals surface area contributed by atoms with Crippen molar-refractivity contribution in [1.29, 1.82) is 0 Å². The number of guanidine groups is 1. The molecule has 0 atom stereocenters. The Bertz CT molecular complexity index is 370. The first-order valence-corrected chi connectivity index (χ1v) is 6.55. The number of aromatic nitrogens is 1. The Morgan fingerprint density at radius 1 is 1.28 bits per heavy atom. The molecule has 5 nitrogen and oxygen atoms in total. The third kappa shape index (κ3) is 4.00. The van der Waals surface area contributed by atoms with Crippen LogP contribution in [0.4, 0.5) is 0 Å². The molecule has 0 aliphatic heterocycles. The Morgan fingerprint density at radius 3 is 2.67 bits per heavy atom. The molecule has 2 rings (SSSR count). The highest BCUT2D eigenvalue weighted by Gasteiger charge is 2.13. The van der Waals surface area contributed by atoms with E-state index in [1.165, 1.54) is 32.1 Å². The van der Waals surface area contributed by atoms with Crippen molar-refractivity contribution in [1.82, 2.24) is 15.7 Å². The van der Waals surface area contributed by atoms with Gasteiger partial charge in [0.05, 0.1) is 6.54 Å². The van der Waals surface area contributed by atoms with E-state index in [4.69, 9.17) is 5.84 Å². The number of rotatable bonds is 3. The van der Waals surface area contributed by atoms with Gasteiger partial charge in [0.15, 0.2) is 0 Å². The highest BCUT2D eigenvalue weighted by Crippen LogP contribution is 2.17. The molecule has 0 amide bonds. The van der Waals surface area contributed by atoms with Gasteiger partial charge in [-0.3, -0.25) is 10.4 Å². The van der Waals surface area contributed by atoms with Crippen molar-refractivity contribution in [3.8, 4) is 0 Å². The van der Waals surface area contributed by atoms with E-state index < -0.39 is 0 Å². The topological polar surface area (TPSA) is 75.3 Å². The lowest BCUT2D eigenvalue weighted by atomic mass is 9.96. The molecule has 1 aliphatic rings. The fraction of sp³-hybridized carbons (Fsp3) is 0.538. The molecule has 1 aliphatic carbocycles. The second kappa shape index (κ2) is 6.96. The number of nitrogens with zero attached hydrogens (tertiary/aromatic N) is 2. The van der Waals surface area contributed by atoms with Gasteiger partial charge in [0.25, 0.3) is 0 Å². The van der Waals surface area contributed by atoms with E-state index in [-0.39, 0.29) is 0 Å². The van der Waals surface area contributed by atoms with Crippen molar-refractivity contribution in [2.75, 3.05) is 0 Å². The maximum atomic E-state index is 5.50. The first-order valence-electron chi connectivity index (χ1n) is 6.55. The largest absolute Gasteiger partial charge is 0.353 e. The minimum Gasteiger partial charge on any atom is -0.353 e. The SMILES string of the molecule is NNC(=NCc1ccncc1)NC1CCCCC1. The van der Waals surface area contributed by atoms with Gasteiger partial charge < -0.3 is 5.32 Å². The van der Waals surface area contributed by atoms with Gasteiger partial charge >= 0.3 is 0 Å². The van der Waals surface area contributed by atoms with Gasteiger partial charge in [0.1, 0.15) is 0 Å². The Kier molecular flexibility index (Phi) is 4.96. The van der Waals surface area contributed by atoms with Crippen LogP contribution in [0.15, 0.2) is 29.5 Å². The normalized spacial score (nSPS) is 17.5. The van der Waals surface area contributed by atoms with Crippen LogP contribution in [-0.2, 0) is 6.54 Å². The van der Waals surface area contributed by atoms with E-state index in [1.54, 1.807) is 12.4 Å². The number of hydrogen-bond donors (Lipinski definition) is 3. The second-order valence-electron chi connectivity index (χ2n) is 4.64. The van der Waals surface area contributed by atoms with Crippen molar-refractivity contribution in [2.45, 2.75) is 44.7 Å². The molecule has 18 heavy (non-hydrogen) atoms. The molecule has 0 saturated heterocycles. The van der Waals surface area contributed by atoms with E-state index in [0.717, 1.165) is 5.56 Å². The lowest BCUT2D eigenvalue weighted by Crippen LogP contribution is -2.47. The zero-order chi connectivity index (χ0) is 12.6. The zero-order valence-electron chi connectivity index (χ0n) is 10.6. The number of hydrogen-bond acceptors (Lipinski definition) is 3. The standard InChI is InChI=1S/C13H21N5/c14-18-13(17-12-4-2-1-3-5-12)16-10-11-6-8-15-9-7-11/h6-9,12H,1-5,10,14H2,(H2,16,17,18). The predicted octanol–water partition coefficient (Wildman–Crippen LogP) is 1.32. The van der Waals surface area contributed by atoms with Gasteiger partial charge in [-0.15, -0.1) is 0 Å². The summed E-state index contributed by atoms with van der Waals surface area (Å²) >= 11 is 0. The van der Waals surface area contributed by atoms with Crippen LogP contribution in [0.5, 0.6) is 0 Å². The van der Waals surface area contributed by atoms with E-state index in [0.29, 0.717) is 18.5 Å². The Morgan fingerprint density at radius 2 is 2.00 bits per heavy atom. The predicted molar refractivity (Wildman–Crippen MR) is 72.7 cm³/mol. The van der Waals surface area contributed by atoms with Crippen molar-refractivity contribution in [2.24, 2.45) is 10.8 Å². The molecule has 5 heteroatoms. The summed E-state index contributed by atoms with van der Waals surface area (Å²) in [5.41, 5.74) is 3.77. The van der Waals surface area contributed by atoms with Crippen molar-refractivity contribution in [3.05, 3.63) is 30.1 Å². The molecule has 98 valence electrons. The number of hydrazine groups is 1. The summed E-state index contributed by atoms with van der Waals surface area (Å²) in [5, 5.41) is 3.37. The minimum atomic E-state index is 0.506. The fourth-order valence-electron chi connectivity index (χ4n) is 2.23. The summed E-state index contributed by atoms with van der Waals surface area (Å²) in [6.07, 6.45) is 9.88. The number of aliphatic imine (C=N–C) groups is 1.